The Balaban J connectivity index is 1.95. The van der Waals surface area contributed by atoms with E-state index in [-0.39, 0.29) is 0 Å². The number of aromatic nitrogens is 1. The lowest BCUT2D eigenvalue weighted by Gasteiger charge is -2.19. The molecule has 1 saturated heterocycles. The maximum atomic E-state index is 3.42. The van der Waals surface area contributed by atoms with Crippen LogP contribution in [0.3, 0.4) is 0 Å². The Bertz CT molecular complexity index is 670. The van der Waals surface area contributed by atoms with E-state index < -0.39 is 0 Å². The van der Waals surface area contributed by atoms with Crippen molar-refractivity contribution in [3.63, 3.8) is 0 Å². The first-order valence-electron chi connectivity index (χ1n) is 6.84. The van der Waals surface area contributed by atoms with Crippen molar-refractivity contribution in [2.45, 2.75) is 12.5 Å². The lowest BCUT2D eigenvalue weighted by molar-refractivity contribution is 0.321. The molecule has 1 N–H and O–H groups in total. The normalized spacial score (nSPS) is 26.3. The summed E-state index contributed by atoms with van der Waals surface area (Å²) in [6, 6.07) is 7.19. The zero-order chi connectivity index (χ0) is 13.0. The standard InChI is InChI=1S/C16H17IN2/c1-19-9-12(7-17)13-5-10-3-2-4-14-16(10)11(8-18-14)6-15(13)19/h2-5,8,12,15,18H,6-7,9H2,1H3/t12-,15-/m0/s1. The van der Waals surface area contributed by atoms with Gasteiger partial charge in [-0.2, -0.15) is 0 Å². The van der Waals surface area contributed by atoms with Crippen LogP contribution in [0.25, 0.3) is 17.0 Å². The molecule has 1 aromatic carbocycles. The van der Waals surface area contributed by atoms with Crippen molar-refractivity contribution in [1.29, 1.82) is 0 Å². The van der Waals surface area contributed by atoms with Gasteiger partial charge in [0.25, 0.3) is 0 Å². The maximum Gasteiger partial charge on any atom is 0.0462 e. The number of alkyl halides is 1. The van der Waals surface area contributed by atoms with Gasteiger partial charge in [0.1, 0.15) is 0 Å². The molecule has 0 bridgehead atoms. The average Bonchev–Trinajstić information content (AvgIpc) is 2.89. The molecule has 2 heterocycles. The highest BCUT2D eigenvalue weighted by Gasteiger charge is 2.35. The zero-order valence-electron chi connectivity index (χ0n) is 11.0. The fraction of sp³-hybridized carbons (Fsp3) is 0.375. The van der Waals surface area contributed by atoms with Crippen LogP contribution in [0.1, 0.15) is 11.1 Å². The van der Waals surface area contributed by atoms with Gasteiger partial charge < -0.3 is 4.98 Å². The van der Waals surface area contributed by atoms with Crippen LogP contribution in [-0.4, -0.2) is 33.9 Å². The molecule has 2 aliphatic rings. The van der Waals surface area contributed by atoms with Gasteiger partial charge in [0.05, 0.1) is 0 Å². The predicted octanol–water partition coefficient (Wildman–Crippen LogP) is 3.47. The highest BCUT2D eigenvalue weighted by Crippen LogP contribution is 2.38. The van der Waals surface area contributed by atoms with Gasteiger partial charge in [-0.3, -0.25) is 4.90 Å². The summed E-state index contributed by atoms with van der Waals surface area (Å²) < 4.78 is 1.22. The fourth-order valence-corrected chi connectivity index (χ4v) is 4.47. The molecule has 2 aromatic rings. The number of nitrogens with one attached hydrogen (secondary N) is 1. The van der Waals surface area contributed by atoms with Crippen LogP contribution in [0.4, 0.5) is 0 Å². The molecule has 2 nitrogen and oxygen atoms in total. The van der Waals surface area contributed by atoms with E-state index in [9.17, 15) is 0 Å². The molecule has 1 aliphatic heterocycles. The summed E-state index contributed by atoms with van der Waals surface area (Å²) in [7, 11) is 2.27. The summed E-state index contributed by atoms with van der Waals surface area (Å²) in [5.41, 5.74) is 5.79. The number of likely N-dealkylation sites (N-methyl/N-ethyl adjacent to an activating group) is 1. The molecule has 2 atom stereocenters. The van der Waals surface area contributed by atoms with Gasteiger partial charge >= 0.3 is 0 Å². The average molecular weight is 364 g/mol. The topological polar surface area (TPSA) is 19.0 Å². The third kappa shape index (κ3) is 1.71. The number of nitrogens with zero attached hydrogens (tertiary/aromatic N) is 1. The molecule has 98 valence electrons. The van der Waals surface area contributed by atoms with Crippen LogP contribution in [0.5, 0.6) is 0 Å². The molecule has 0 unspecified atom stereocenters. The fourth-order valence-electron chi connectivity index (χ4n) is 3.69. The Hall–Kier alpha value is -0.810. The van der Waals surface area contributed by atoms with Crippen molar-refractivity contribution < 1.29 is 0 Å². The predicted molar refractivity (Wildman–Crippen MR) is 88.8 cm³/mol. The van der Waals surface area contributed by atoms with Crippen LogP contribution >= 0.6 is 22.6 Å². The van der Waals surface area contributed by atoms with E-state index in [1.54, 1.807) is 5.57 Å². The van der Waals surface area contributed by atoms with E-state index in [1.807, 2.05) is 0 Å². The van der Waals surface area contributed by atoms with Crippen LogP contribution in [0.15, 0.2) is 30.0 Å². The van der Waals surface area contributed by atoms with Crippen molar-refractivity contribution in [2.75, 3.05) is 18.0 Å². The largest absolute Gasteiger partial charge is 0.361 e. The number of halogens is 1. The Kier molecular flexibility index (Phi) is 2.74. The molecule has 1 aliphatic carbocycles. The second-order valence-electron chi connectivity index (χ2n) is 5.74. The third-order valence-corrected chi connectivity index (χ3v) is 5.70. The first-order chi connectivity index (χ1) is 9.28. The Morgan fingerprint density at radius 3 is 3.16 bits per heavy atom. The van der Waals surface area contributed by atoms with E-state index in [2.05, 4.69) is 70.0 Å². The Labute approximate surface area is 127 Å². The number of H-pyrrole nitrogens is 1. The first kappa shape index (κ1) is 12.0. The van der Waals surface area contributed by atoms with E-state index in [0.29, 0.717) is 6.04 Å². The summed E-state index contributed by atoms with van der Waals surface area (Å²) >= 11 is 2.53. The molecule has 4 rings (SSSR count). The summed E-state index contributed by atoms with van der Waals surface area (Å²) in [6.07, 6.45) is 5.81. The van der Waals surface area contributed by atoms with Gasteiger partial charge in [-0.05, 0) is 36.2 Å². The molecule has 3 heteroatoms. The second kappa shape index (κ2) is 4.35. The number of benzene rings is 1. The van der Waals surface area contributed by atoms with Gasteiger partial charge in [-0.15, -0.1) is 0 Å². The summed E-state index contributed by atoms with van der Waals surface area (Å²) in [6.45, 7) is 1.20. The molecule has 0 radical (unpaired) electrons. The quantitative estimate of drug-likeness (QED) is 0.607. The number of likely N-dealkylation sites (tertiary alicyclic amines) is 1. The summed E-state index contributed by atoms with van der Waals surface area (Å²) in [5, 5.41) is 1.44. The smallest absolute Gasteiger partial charge is 0.0462 e. The third-order valence-electron chi connectivity index (χ3n) is 4.64. The number of aromatic amines is 1. The van der Waals surface area contributed by atoms with Gasteiger partial charge in [0.15, 0.2) is 0 Å². The van der Waals surface area contributed by atoms with Crippen molar-refractivity contribution in [3.05, 3.63) is 41.1 Å². The molecule has 0 spiro atoms. The highest BCUT2D eigenvalue weighted by molar-refractivity contribution is 14.1. The van der Waals surface area contributed by atoms with E-state index in [0.717, 1.165) is 12.3 Å². The second-order valence-corrected chi connectivity index (χ2v) is 6.62. The molecule has 1 fully saturated rings. The lowest BCUT2D eigenvalue weighted by atomic mass is 9.96. The maximum absolute atomic E-state index is 3.42. The van der Waals surface area contributed by atoms with Crippen molar-refractivity contribution >= 4 is 39.6 Å². The number of fused-ring (bicyclic) bond motifs is 1. The lowest BCUT2D eigenvalue weighted by Crippen LogP contribution is -2.27. The van der Waals surface area contributed by atoms with Crippen LogP contribution < -0.4 is 0 Å². The van der Waals surface area contributed by atoms with Crippen molar-refractivity contribution in [1.82, 2.24) is 9.88 Å². The SMILES string of the molecule is CN1C[C@H](CI)C2=Cc3cccc4[nH]cc(c34)C[C@@H]21. The van der Waals surface area contributed by atoms with Crippen molar-refractivity contribution in [3.8, 4) is 0 Å². The molecule has 1 aromatic heterocycles. The summed E-state index contributed by atoms with van der Waals surface area (Å²) in [4.78, 5) is 5.95. The van der Waals surface area contributed by atoms with Gasteiger partial charge in [-0.1, -0.05) is 40.8 Å². The molecule has 0 amide bonds. The van der Waals surface area contributed by atoms with Gasteiger partial charge in [0, 0.05) is 40.0 Å². The molecule has 0 saturated carbocycles. The van der Waals surface area contributed by atoms with E-state index >= 15 is 0 Å². The molecular formula is C16H17IN2. The Morgan fingerprint density at radius 2 is 2.32 bits per heavy atom. The van der Waals surface area contributed by atoms with Gasteiger partial charge in [-0.25, -0.2) is 0 Å². The van der Waals surface area contributed by atoms with Crippen molar-refractivity contribution in [2.24, 2.45) is 5.92 Å². The monoisotopic (exact) mass is 364 g/mol. The van der Waals surface area contributed by atoms with E-state index in [4.69, 9.17) is 0 Å². The zero-order valence-corrected chi connectivity index (χ0v) is 13.1. The number of hydrogen-bond donors (Lipinski definition) is 1. The first-order valence-corrected chi connectivity index (χ1v) is 8.37. The summed E-state index contributed by atoms with van der Waals surface area (Å²) in [5.74, 6) is 0.721. The number of hydrogen-bond acceptors (Lipinski definition) is 1. The highest BCUT2D eigenvalue weighted by atomic mass is 127. The van der Waals surface area contributed by atoms with E-state index in [1.165, 1.54) is 33.0 Å². The minimum atomic E-state index is 0.589. The molecular weight excluding hydrogens is 347 g/mol. The van der Waals surface area contributed by atoms with Crippen LogP contribution in [0.2, 0.25) is 0 Å². The Morgan fingerprint density at radius 1 is 1.42 bits per heavy atom. The van der Waals surface area contributed by atoms with Crippen LogP contribution in [0, 0.1) is 5.92 Å². The minimum Gasteiger partial charge on any atom is -0.361 e. The molecule has 19 heavy (non-hydrogen) atoms. The number of rotatable bonds is 1. The minimum absolute atomic E-state index is 0.589. The van der Waals surface area contributed by atoms with Gasteiger partial charge in [0.2, 0.25) is 0 Å². The van der Waals surface area contributed by atoms with Crippen LogP contribution in [-0.2, 0) is 6.42 Å².